The molecule has 7 nitrogen and oxygen atoms in total. The summed E-state index contributed by atoms with van der Waals surface area (Å²) < 4.78 is 0. The molecule has 1 aromatic carbocycles. The molecule has 0 spiro atoms. The minimum absolute atomic E-state index is 0.280. The molecule has 0 aliphatic carbocycles. The van der Waals surface area contributed by atoms with Crippen LogP contribution in [0.5, 0.6) is 0 Å². The van der Waals surface area contributed by atoms with E-state index >= 15 is 0 Å². The summed E-state index contributed by atoms with van der Waals surface area (Å²) in [6.07, 6.45) is 1.38. The van der Waals surface area contributed by atoms with Crippen LogP contribution in [-0.2, 0) is 4.79 Å². The Morgan fingerprint density at radius 3 is 2.52 bits per heavy atom. The number of carbonyl (C=O) groups excluding carboxylic acids is 3. The molecule has 1 aliphatic rings. The van der Waals surface area contributed by atoms with Crippen molar-refractivity contribution < 1.29 is 14.4 Å². The van der Waals surface area contributed by atoms with Gasteiger partial charge in [-0.25, -0.2) is 4.79 Å². The van der Waals surface area contributed by atoms with E-state index in [-0.39, 0.29) is 24.3 Å². The minimum Gasteiger partial charge on any atom is -0.351 e. The van der Waals surface area contributed by atoms with Crippen molar-refractivity contribution >= 4 is 17.8 Å². The average Bonchev–Trinajstić information content (AvgIpc) is 2.53. The number of rotatable bonds is 2. The molecule has 0 aromatic heterocycles. The predicted molar refractivity (Wildman–Crippen MR) is 75.9 cm³/mol. The summed E-state index contributed by atoms with van der Waals surface area (Å²) in [6.45, 7) is 0.845. The number of nitrogens with zero attached hydrogens (tertiary/aromatic N) is 1. The molecule has 0 radical (unpaired) electrons. The molecule has 1 heterocycles. The van der Waals surface area contributed by atoms with E-state index in [9.17, 15) is 14.4 Å². The molecule has 112 valence electrons. The SMILES string of the molecule is NC(=O)N1CCC[C@H](C(=O)NNC(=O)c2ccccc2)C1. The molecule has 1 fully saturated rings. The Hall–Kier alpha value is -2.57. The van der Waals surface area contributed by atoms with Crippen LogP contribution in [0.15, 0.2) is 30.3 Å². The molecular weight excluding hydrogens is 272 g/mol. The molecule has 7 heteroatoms. The number of nitrogens with two attached hydrogens (primary N) is 1. The molecule has 21 heavy (non-hydrogen) atoms. The van der Waals surface area contributed by atoms with Crippen LogP contribution >= 0.6 is 0 Å². The largest absolute Gasteiger partial charge is 0.351 e. The molecule has 4 N–H and O–H groups in total. The number of hydrogen-bond donors (Lipinski definition) is 3. The number of nitrogens with one attached hydrogen (secondary N) is 2. The Balaban J connectivity index is 1.84. The first-order valence-corrected chi connectivity index (χ1v) is 6.77. The molecule has 0 unspecified atom stereocenters. The lowest BCUT2D eigenvalue weighted by Crippen LogP contribution is -2.50. The fourth-order valence-corrected chi connectivity index (χ4v) is 2.27. The second-order valence-electron chi connectivity index (χ2n) is 4.93. The number of urea groups is 1. The molecule has 1 aromatic rings. The zero-order valence-corrected chi connectivity index (χ0v) is 11.5. The van der Waals surface area contributed by atoms with E-state index in [1.54, 1.807) is 30.3 Å². The number of piperidine rings is 1. The normalized spacial score (nSPS) is 17.9. The average molecular weight is 290 g/mol. The van der Waals surface area contributed by atoms with Gasteiger partial charge in [-0.3, -0.25) is 20.4 Å². The summed E-state index contributed by atoms with van der Waals surface area (Å²) >= 11 is 0. The Morgan fingerprint density at radius 1 is 1.14 bits per heavy atom. The van der Waals surface area contributed by atoms with Crippen molar-refractivity contribution in [2.24, 2.45) is 11.7 Å². The van der Waals surface area contributed by atoms with Crippen molar-refractivity contribution in [2.45, 2.75) is 12.8 Å². The van der Waals surface area contributed by atoms with E-state index in [1.165, 1.54) is 4.90 Å². The fourth-order valence-electron chi connectivity index (χ4n) is 2.27. The van der Waals surface area contributed by atoms with Gasteiger partial charge in [0.1, 0.15) is 0 Å². The zero-order chi connectivity index (χ0) is 15.2. The van der Waals surface area contributed by atoms with Crippen molar-refractivity contribution in [3.63, 3.8) is 0 Å². The first kappa shape index (κ1) is 14.8. The van der Waals surface area contributed by atoms with E-state index < -0.39 is 6.03 Å². The summed E-state index contributed by atoms with van der Waals surface area (Å²) in [7, 11) is 0. The maximum atomic E-state index is 12.0. The lowest BCUT2D eigenvalue weighted by Gasteiger charge is -2.30. The third kappa shape index (κ3) is 3.95. The van der Waals surface area contributed by atoms with Crippen molar-refractivity contribution in [2.75, 3.05) is 13.1 Å². The molecular formula is C14H18N4O3. The van der Waals surface area contributed by atoms with Gasteiger partial charge in [-0.2, -0.15) is 0 Å². The van der Waals surface area contributed by atoms with Gasteiger partial charge in [-0.15, -0.1) is 0 Å². The Kier molecular flexibility index (Phi) is 4.76. The summed E-state index contributed by atoms with van der Waals surface area (Å²) in [4.78, 5) is 36.3. The van der Waals surface area contributed by atoms with Gasteiger partial charge in [0.05, 0.1) is 5.92 Å². The van der Waals surface area contributed by atoms with Gasteiger partial charge in [0.2, 0.25) is 5.91 Å². The molecule has 1 aliphatic heterocycles. The summed E-state index contributed by atoms with van der Waals surface area (Å²) in [5.41, 5.74) is 10.4. The molecule has 4 amide bonds. The van der Waals surface area contributed by atoms with Crippen molar-refractivity contribution in [1.82, 2.24) is 15.8 Å². The van der Waals surface area contributed by atoms with Gasteiger partial charge in [0, 0.05) is 18.7 Å². The fraction of sp³-hybridized carbons (Fsp3) is 0.357. The predicted octanol–water partition coefficient (Wildman–Crippen LogP) is 0.238. The molecule has 0 bridgehead atoms. The third-order valence-corrected chi connectivity index (χ3v) is 3.44. The third-order valence-electron chi connectivity index (χ3n) is 3.44. The van der Waals surface area contributed by atoms with E-state index in [2.05, 4.69) is 10.9 Å². The highest BCUT2D eigenvalue weighted by Crippen LogP contribution is 2.16. The van der Waals surface area contributed by atoms with Crippen LogP contribution in [0.4, 0.5) is 4.79 Å². The molecule has 1 atom stereocenters. The topological polar surface area (TPSA) is 105 Å². The minimum atomic E-state index is -0.527. The van der Waals surface area contributed by atoms with Crippen LogP contribution in [0.1, 0.15) is 23.2 Å². The lowest BCUT2D eigenvalue weighted by molar-refractivity contribution is -0.127. The van der Waals surface area contributed by atoms with Crippen LogP contribution in [0, 0.1) is 5.92 Å². The Labute approximate surface area is 122 Å². The maximum absolute atomic E-state index is 12.0. The van der Waals surface area contributed by atoms with Gasteiger partial charge >= 0.3 is 6.03 Å². The summed E-state index contributed by atoms with van der Waals surface area (Å²) in [6, 6.07) is 8.05. The van der Waals surface area contributed by atoms with Crippen molar-refractivity contribution in [3.05, 3.63) is 35.9 Å². The summed E-state index contributed by atoms with van der Waals surface area (Å²) in [5, 5.41) is 0. The highest BCUT2D eigenvalue weighted by molar-refractivity contribution is 5.95. The Morgan fingerprint density at radius 2 is 1.86 bits per heavy atom. The number of carbonyl (C=O) groups is 3. The monoisotopic (exact) mass is 290 g/mol. The van der Waals surface area contributed by atoms with E-state index in [4.69, 9.17) is 5.73 Å². The van der Waals surface area contributed by atoms with Crippen LogP contribution in [0.25, 0.3) is 0 Å². The highest BCUT2D eigenvalue weighted by Gasteiger charge is 2.27. The van der Waals surface area contributed by atoms with Gasteiger partial charge in [-0.05, 0) is 25.0 Å². The number of likely N-dealkylation sites (tertiary alicyclic amines) is 1. The van der Waals surface area contributed by atoms with Crippen LogP contribution in [0.2, 0.25) is 0 Å². The van der Waals surface area contributed by atoms with Crippen LogP contribution < -0.4 is 16.6 Å². The van der Waals surface area contributed by atoms with E-state index in [0.717, 1.165) is 0 Å². The van der Waals surface area contributed by atoms with Gasteiger partial charge in [-0.1, -0.05) is 18.2 Å². The van der Waals surface area contributed by atoms with E-state index in [1.807, 2.05) is 0 Å². The standard InChI is InChI=1S/C14H18N4O3/c15-14(21)18-8-4-7-11(9-18)13(20)17-16-12(19)10-5-2-1-3-6-10/h1-3,5-6,11H,4,7-9H2,(H2,15,21)(H,16,19)(H,17,20)/t11-/m0/s1. The van der Waals surface area contributed by atoms with Gasteiger partial charge in [0.15, 0.2) is 0 Å². The van der Waals surface area contributed by atoms with Gasteiger partial charge in [0.25, 0.3) is 5.91 Å². The van der Waals surface area contributed by atoms with Crippen molar-refractivity contribution in [1.29, 1.82) is 0 Å². The van der Waals surface area contributed by atoms with Crippen LogP contribution in [-0.4, -0.2) is 35.8 Å². The lowest BCUT2D eigenvalue weighted by atomic mass is 9.98. The highest BCUT2D eigenvalue weighted by atomic mass is 16.2. The second kappa shape index (κ2) is 6.74. The second-order valence-corrected chi connectivity index (χ2v) is 4.93. The first-order valence-electron chi connectivity index (χ1n) is 6.77. The number of hydrogen-bond acceptors (Lipinski definition) is 3. The number of hydrazine groups is 1. The molecule has 2 rings (SSSR count). The Bertz CT molecular complexity index is 532. The smallest absolute Gasteiger partial charge is 0.314 e. The van der Waals surface area contributed by atoms with Gasteiger partial charge < -0.3 is 10.6 Å². The number of benzene rings is 1. The number of primary amides is 1. The maximum Gasteiger partial charge on any atom is 0.314 e. The zero-order valence-electron chi connectivity index (χ0n) is 11.5. The first-order chi connectivity index (χ1) is 10.1. The quantitative estimate of drug-likeness (QED) is 0.679. The van der Waals surface area contributed by atoms with Crippen molar-refractivity contribution in [3.8, 4) is 0 Å². The summed E-state index contributed by atoms with van der Waals surface area (Å²) in [5.74, 6) is -1.06. The number of amides is 4. The molecule has 1 saturated heterocycles. The molecule has 0 saturated carbocycles. The van der Waals surface area contributed by atoms with Crippen LogP contribution in [0.3, 0.4) is 0 Å². The van der Waals surface area contributed by atoms with E-state index in [0.29, 0.717) is 24.9 Å².